The Balaban J connectivity index is 3.79. The van der Waals surface area contributed by atoms with Crippen LogP contribution >= 0.6 is 7.82 Å². The summed E-state index contributed by atoms with van der Waals surface area (Å²) in [6.45, 7) is 2.26. The Morgan fingerprint density at radius 2 is 0.661 bits per heavy atom. The molecule has 0 aliphatic heterocycles. The number of hydrogen-bond donors (Lipinski definition) is 3. The average Bonchev–Trinajstić information content (AvgIpc) is 3.26. The van der Waals surface area contributed by atoms with Crippen LogP contribution in [0, 0.1) is 0 Å². The number of hydrogen-bond acceptors (Lipinski definition) is 9. The van der Waals surface area contributed by atoms with Crippen molar-refractivity contribution in [1.82, 2.24) is 0 Å². The van der Waals surface area contributed by atoms with Crippen LogP contribution in [0.15, 0.2) is 12.2 Å². The maximum Gasteiger partial charge on any atom is 0.472 e. The van der Waals surface area contributed by atoms with Crippen LogP contribution < -0.4 is 0 Å². The second-order valence-electron chi connectivity index (χ2n) is 17.9. The van der Waals surface area contributed by atoms with Crippen molar-refractivity contribution < 1.29 is 47.8 Å². The third-order valence-electron chi connectivity index (χ3n) is 11.7. The molecule has 0 aromatic carbocycles. The van der Waals surface area contributed by atoms with Crippen molar-refractivity contribution >= 4 is 19.8 Å². The van der Waals surface area contributed by atoms with E-state index in [0.29, 0.717) is 12.8 Å². The van der Waals surface area contributed by atoms with Gasteiger partial charge >= 0.3 is 19.8 Å². The smallest absolute Gasteiger partial charge is 0.457 e. The fourth-order valence-corrected chi connectivity index (χ4v) is 8.49. The molecule has 0 saturated heterocycles. The number of unbranched alkanes of at least 4 members (excludes halogenated alkanes) is 34. The Labute approximate surface area is 381 Å². The monoisotopic (exact) mass is 903 g/mol. The molecule has 0 rings (SSSR count). The van der Waals surface area contributed by atoms with Crippen LogP contribution in [0.2, 0.25) is 0 Å². The summed E-state index contributed by atoms with van der Waals surface area (Å²) in [5.41, 5.74) is 0. The van der Waals surface area contributed by atoms with Gasteiger partial charge in [-0.2, -0.15) is 0 Å². The second-order valence-corrected chi connectivity index (χ2v) is 19.3. The first-order valence-corrected chi connectivity index (χ1v) is 27.6. The van der Waals surface area contributed by atoms with Gasteiger partial charge in [0.1, 0.15) is 12.2 Å². The molecule has 3 unspecified atom stereocenters. The van der Waals surface area contributed by atoms with Gasteiger partial charge in [0.25, 0.3) is 0 Å². The predicted molar refractivity (Wildman–Crippen MR) is 256 cm³/mol. The van der Waals surface area contributed by atoms with E-state index in [1.165, 1.54) is 180 Å². The van der Waals surface area contributed by atoms with Gasteiger partial charge in [-0.1, -0.05) is 225 Å². The molecule has 0 aliphatic rings. The molecule has 0 amide bonds. The molecule has 0 radical (unpaired) electrons. The van der Waals surface area contributed by atoms with Gasteiger partial charge in [0.05, 0.1) is 26.4 Å². The number of phosphoric ester groups is 1. The normalized spacial score (nSPS) is 13.7. The Morgan fingerprint density at radius 3 is 0.919 bits per heavy atom. The molecule has 0 bridgehead atoms. The van der Waals surface area contributed by atoms with Crippen molar-refractivity contribution in [2.75, 3.05) is 26.4 Å². The SMILES string of the molecule is CCCCCCCC/C=C\CCCCCCCCCC(=O)OC(CO)COP(=O)(O)OCC(CO)OC(=O)CCCCCCCCCCCCCCCCCCCCCCCC. The number of allylic oxidation sites excluding steroid dienone is 2. The fourth-order valence-electron chi connectivity index (χ4n) is 7.70. The van der Waals surface area contributed by atoms with Gasteiger partial charge < -0.3 is 24.6 Å². The molecular weight excluding hydrogens is 804 g/mol. The summed E-state index contributed by atoms with van der Waals surface area (Å²) in [7, 11) is -4.64. The third-order valence-corrected chi connectivity index (χ3v) is 12.7. The molecule has 62 heavy (non-hydrogen) atoms. The molecule has 10 nitrogen and oxygen atoms in total. The van der Waals surface area contributed by atoms with Crippen molar-refractivity contribution in [3.8, 4) is 0 Å². The lowest BCUT2D eigenvalue weighted by atomic mass is 10.0. The van der Waals surface area contributed by atoms with Crippen LogP contribution in [0.4, 0.5) is 0 Å². The first-order chi connectivity index (χ1) is 30.3. The minimum Gasteiger partial charge on any atom is -0.457 e. The van der Waals surface area contributed by atoms with Crippen LogP contribution in [0.1, 0.15) is 264 Å². The highest BCUT2D eigenvalue weighted by atomic mass is 31.2. The highest BCUT2D eigenvalue weighted by Crippen LogP contribution is 2.43. The zero-order valence-corrected chi connectivity index (χ0v) is 41.3. The van der Waals surface area contributed by atoms with E-state index in [1.807, 2.05) is 0 Å². The zero-order chi connectivity index (χ0) is 45.5. The Kier molecular flexibility index (Phi) is 46.7. The molecule has 0 heterocycles. The summed E-state index contributed by atoms with van der Waals surface area (Å²) in [4.78, 5) is 34.7. The minimum absolute atomic E-state index is 0.191. The summed E-state index contributed by atoms with van der Waals surface area (Å²) in [5.74, 6) is -1.01. The summed E-state index contributed by atoms with van der Waals surface area (Å²) in [6.07, 6.45) is 49.0. The van der Waals surface area contributed by atoms with Crippen LogP contribution in [0.25, 0.3) is 0 Å². The number of ether oxygens (including phenoxy) is 2. The van der Waals surface area contributed by atoms with Gasteiger partial charge in [-0.3, -0.25) is 18.6 Å². The van der Waals surface area contributed by atoms with E-state index < -0.39 is 58.4 Å². The average molecular weight is 903 g/mol. The lowest BCUT2D eigenvalue weighted by Crippen LogP contribution is -2.28. The molecule has 0 aliphatic carbocycles. The first kappa shape index (κ1) is 60.7. The van der Waals surface area contributed by atoms with E-state index in [0.717, 1.165) is 44.9 Å². The minimum atomic E-state index is -4.64. The van der Waals surface area contributed by atoms with E-state index in [2.05, 4.69) is 26.0 Å². The standard InChI is InChI=1S/C51H99O10P/c1-3-5-7-9-11-13-15-17-19-21-22-23-24-25-27-29-31-33-35-37-39-41-43-51(55)61-49(45-53)47-59-62(56,57)58-46-48(44-52)60-50(54)42-40-38-36-34-32-30-28-26-20-18-16-14-12-10-8-6-4-2/h18,20,48-49,52-53H,3-17,19,21-47H2,1-2H3,(H,56,57)/b20-18-. The molecule has 0 saturated carbocycles. The number of carbonyl (C=O) groups excluding carboxylic acids is 2. The van der Waals surface area contributed by atoms with Crippen molar-refractivity contribution in [2.24, 2.45) is 0 Å². The van der Waals surface area contributed by atoms with Crippen LogP contribution in [0.5, 0.6) is 0 Å². The van der Waals surface area contributed by atoms with E-state index in [1.54, 1.807) is 0 Å². The second kappa shape index (κ2) is 47.7. The van der Waals surface area contributed by atoms with Crippen molar-refractivity contribution in [1.29, 1.82) is 0 Å². The summed E-state index contributed by atoms with van der Waals surface area (Å²) >= 11 is 0. The van der Waals surface area contributed by atoms with Crippen molar-refractivity contribution in [3.05, 3.63) is 12.2 Å². The third kappa shape index (κ3) is 45.3. The highest BCUT2D eigenvalue weighted by Gasteiger charge is 2.27. The predicted octanol–water partition coefficient (Wildman–Crippen LogP) is 14.7. The number of aliphatic hydroxyl groups is 2. The topological polar surface area (TPSA) is 149 Å². The largest absolute Gasteiger partial charge is 0.472 e. The maximum absolute atomic E-state index is 12.4. The van der Waals surface area contributed by atoms with Crippen LogP contribution in [-0.2, 0) is 32.7 Å². The van der Waals surface area contributed by atoms with Gasteiger partial charge in [-0.25, -0.2) is 4.57 Å². The van der Waals surface area contributed by atoms with Gasteiger partial charge in [0.15, 0.2) is 0 Å². The fraction of sp³-hybridized carbons (Fsp3) is 0.922. The quantitative estimate of drug-likeness (QED) is 0.0233. The summed E-state index contributed by atoms with van der Waals surface area (Å²) < 4.78 is 32.7. The van der Waals surface area contributed by atoms with Gasteiger partial charge in [0.2, 0.25) is 0 Å². The van der Waals surface area contributed by atoms with Crippen molar-refractivity contribution in [2.45, 2.75) is 276 Å². The molecule has 0 aromatic rings. The number of phosphoric acid groups is 1. The Bertz CT molecular complexity index is 1040. The number of rotatable bonds is 50. The van der Waals surface area contributed by atoms with Crippen LogP contribution in [0.3, 0.4) is 0 Å². The maximum atomic E-state index is 12.4. The van der Waals surface area contributed by atoms with Crippen molar-refractivity contribution in [3.63, 3.8) is 0 Å². The molecule has 0 fully saturated rings. The van der Waals surface area contributed by atoms with Gasteiger partial charge in [-0.05, 0) is 38.5 Å². The lowest BCUT2D eigenvalue weighted by molar-refractivity contribution is -0.153. The Hall–Kier alpha value is -1.29. The summed E-state index contributed by atoms with van der Waals surface area (Å²) in [6, 6.07) is 0. The van der Waals surface area contributed by atoms with E-state index in [4.69, 9.17) is 18.5 Å². The number of carbonyl (C=O) groups is 2. The first-order valence-electron chi connectivity index (χ1n) is 26.1. The summed E-state index contributed by atoms with van der Waals surface area (Å²) in [5, 5.41) is 19.3. The van der Waals surface area contributed by atoms with E-state index in [-0.39, 0.29) is 12.8 Å². The molecule has 11 heteroatoms. The number of esters is 2. The number of aliphatic hydroxyl groups excluding tert-OH is 2. The van der Waals surface area contributed by atoms with Gasteiger partial charge in [0, 0.05) is 12.8 Å². The molecule has 368 valence electrons. The lowest BCUT2D eigenvalue weighted by Gasteiger charge is -2.20. The van der Waals surface area contributed by atoms with Gasteiger partial charge in [-0.15, -0.1) is 0 Å². The highest BCUT2D eigenvalue weighted by molar-refractivity contribution is 7.47. The molecule has 0 spiro atoms. The molecule has 3 atom stereocenters. The molecule has 0 aromatic heterocycles. The molecule has 3 N–H and O–H groups in total. The zero-order valence-electron chi connectivity index (χ0n) is 40.4. The van der Waals surface area contributed by atoms with E-state index >= 15 is 0 Å². The van der Waals surface area contributed by atoms with E-state index in [9.17, 15) is 29.3 Å². The Morgan fingerprint density at radius 1 is 0.419 bits per heavy atom. The molecular formula is C51H99O10P. The van der Waals surface area contributed by atoms with Crippen LogP contribution in [-0.4, -0.2) is 65.7 Å².